The van der Waals surface area contributed by atoms with Gasteiger partial charge in [0.25, 0.3) is 5.91 Å². The lowest BCUT2D eigenvalue weighted by atomic mass is 9.76. The highest BCUT2D eigenvalue weighted by Gasteiger charge is 2.45. The average Bonchev–Trinajstić information content (AvgIpc) is 3.40. The number of carbonyl (C=O) groups is 1. The molecule has 2 unspecified atom stereocenters. The zero-order chi connectivity index (χ0) is 20.8. The molecule has 1 amide bonds. The van der Waals surface area contributed by atoms with Crippen LogP contribution in [0.25, 0.3) is 4.85 Å². The van der Waals surface area contributed by atoms with E-state index in [-0.39, 0.29) is 6.04 Å². The maximum atomic E-state index is 11.5. The quantitative estimate of drug-likeness (QED) is 0.730. The van der Waals surface area contributed by atoms with Crippen LogP contribution in [0, 0.1) is 18.4 Å². The molecule has 30 heavy (non-hydrogen) atoms. The van der Waals surface area contributed by atoms with E-state index in [0.29, 0.717) is 28.2 Å². The van der Waals surface area contributed by atoms with Gasteiger partial charge >= 0.3 is 0 Å². The summed E-state index contributed by atoms with van der Waals surface area (Å²) in [7, 11) is 0. The van der Waals surface area contributed by atoms with Crippen LogP contribution in [0.15, 0.2) is 35.4 Å². The number of hydrogen-bond acceptors (Lipinski definition) is 4. The van der Waals surface area contributed by atoms with Crippen LogP contribution in [0.2, 0.25) is 5.02 Å². The molecule has 1 aliphatic heterocycles. The van der Waals surface area contributed by atoms with Gasteiger partial charge in [-0.1, -0.05) is 30.5 Å². The average molecular weight is 420 g/mol. The molecule has 1 aromatic carbocycles. The fourth-order valence-electron chi connectivity index (χ4n) is 5.29. The van der Waals surface area contributed by atoms with E-state index in [4.69, 9.17) is 29.0 Å². The Kier molecular flexibility index (Phi) is 4.71. The number of rotatable bonds is 3. The molecule has 5 rings (SSSR count). The number of benzene rings is 1. The molecule has 0 bridgehead atoms. The second-order valence-electron chi connectivity index (χ2n) is 8.31. The number of hydrazone groups is 1. The number of fused-ring (bicyclic) bond motifs is 3. The van der Waals surface area contributed by atoms with E-state index in [1.54, 1.807) is 12.1 Å². The first kappa shape index (κ1) is 19.1. The first-order chi connectivity index (χ1) is 14.6. The number of hydrogen-bond donors (Lipinski definition) is 1. The molecule has 0 spiro atoms. The Hall–Kier alpha value is -2.91. The number of aryl methyl sites for hydroxylation is 1. The van der Waals surface area contributed by atoms with Gasteiger partial charge in [0.1, 0.15) is 5.69 Å². The fraction of sp³-hybridized carbons (Fsp3) is 0.391. The van der Waals surface area contributed by atoms with Gasteiger partial charge in [-0.15, -0.1) is 0 Å². The Morgan fingerprint density at radius 1 is 1.20 bits per heavy atom. The summed E-state index contributed by atoms with van der Waals surface area (Å²) in [6.07, 6.45) is 6.70. The van der Waals surface area contributed by atoms with Crippen LogP contribution < -0.4 is 10.7 Å². The Morgan fingerprint density at radius 2 is 2.00 bits per heavy atom. The molecule has 2 aromatic rings. The van der Waals surface area contributed by atoms with Crippen molar-refractivity contribution in [2.45, 2.75) is 44.6 Å². The minimum Gasteiger partial charge on any atom is -0.364 e. The van der Waals surface area contributed by atoms with Crippen molar-refractivity contribution in [2.75, 3.05) is 5.01 Å². The summed E-state index contributed by atoms with van der Waals surface area (Å²) in [5.41, 5.74) is 10.1. The van der Waals surface area contributed by atoms with Crippen LogP contribution >= 0.6 is 11.6 Å². The first-order valence-corrected chi connectivity index (χ1v) is 10.8. The van der Waals surface area contributed by atoms with Crippen LogP contribution in [0.1, 0.15) is 53.8 Å². The third kappa shape index (κ3) is 3.05. The summed E-state index contributed by atoms with van der Waals surface area (Å²) in [6.45, 7) is 7.26. The third-order valence-corrected chi connectivity index (χ3v) is 6.96. The number of nitrogens with two attached hydrogens (primary N) is 1. The highest BCUT2D eigenvalue weighted by molar-refractivity contribution is 6.33. The molecule has 2 heterocycles. The molecule has 0 saturated heterocycles. The van der Waals surface area contributed by atoms with Crippen LogP contribution in [0.4, 0.5) is 11.4 Å². The number of anilines is 1. The van der Waals surface area contributed by atoms with E-state index >= 15 is 0 Å². The van der Waals surface area contributed by atoms with Gasteiger partial charge in [0.05, 0.1) is 29.7 Å². The van der Waals surface area contributed by atoms with Crippen molar-refractivity contribution in [3.05, 3.63) is 63.7 Å². The maximum Gasteiger partial charge on any atom is 0.267 e. The number of halogens is 1. The van der Waals surface area contributed by atoms with Crippen LogP contribution in [-0.4, -0.2) is 22.6 Å². The predicted octanol–water partition coefficient (Wildman–Crippen LogP) is 4.73. The van der Waals surface area contributed by atoms with Gasteiger partial charge in [-0.25, -0.2) is 9.83 Å². The SMILES string of the molecule is [C-]#[N+]c1ccc(N2N=C3c4ccc(C(N)=O)nc4CCC3C2C2CCCC2)cc1Cl. The smallest absolute Gasteiger partial charge is 0.267 e. The lowest BCUT2D eigenvalue weighted by Crippen LogP contribution is -2.40. The lowest BCUT2D eigenvalue weighted by molar-refractivity contribution is 0.0995. The van der Waals surface area contributed by atoms with Gasteiger partial charge in [-0.3, -0.25) is 9.80 Å². The van der Waals surface area contributed by atoms with Crippen molar-refractivity contribution in [1.82, 2.24) is 4.98 Å². The van der Waals surface area contributed by atoms with E-state index in [1.807, 2.05) is 18.2 Å². The van der Waals surface area contributed by atoms with Gasteiger partial charge in [-0.05, 0) is 55.9 Å². The van der Waals surface area contributed by atoms with Crippen LogP contribution in [-0.2, 0) is 6.42 Å². The summed E-state index contributed by atoms with van der Waals surface area (Å²) in [4.78, 5) is 19.5. The molecule has 1 saturated carbocycles. The van der Waals surface area contributed by atoms with E-state index in [2.05, 4.69) is 14.8 Å². The molecule has 7 heteroatoms. The Morgan fingerprint density at radius 3 is 2.70 bits per heavy atom. The monoisotopic (exact) mass is 419 g/mol. The van der Waals surface area contributed by atoms with E-state index < -0.39 is 5.91 Å². The highest BCUT2D eigenvalue weighted by atomic mass is 35.5. The summed E-state index contributed by atoms with van der Waals surface area (Å²) < 4.78 is 0. The normalized spacial score (nSPS) is 22.9. The first-order valence-electron chi connectivity index (χ1n) is 10.4. The van der Waals surface area contributed by atoms with E-state index in [1.165, 1.54) is 25.7 Å². The van der Waals surface area contributed by atoms with Gasteiger partial charge in [-0.2, -0.15) is 5.10 Å². The summed E-state index contributed by atoms with van der Waals surface area (Å²) in [5, 5.41) is 7.66. The van der Waals surface area contributed by atoms with Gasteiger partial charge in [0.15, 0.2) is 0 Å². The number of pyridine rings is 1. The minimum atomic E-state index is -0.506. The number of amides is 1. The van der Waals surface area contributed by atoms with Crippen molar-refractivity contribution in [3.63, 3.8) is 0 Å². The molecule has 0 radical (unpaired) electrons. The largest absolute Gasteiger partial charge is 0.364 e. The molecule has 6 nitrogen and oxygen atoms in total. The number of aromatic nitrogens is 1. The second-order valence-corrected chi connectivity index (χ2v) is 8.72. The molecule has 3 aliphatic rings. The van der Waals surface area contributed by atoms with Crippen molar-refractivity contribution in [1.29, 1.82) is 0 Å². The molecule has 2 atom stereocenters. The number of primary amides is 1. The van der Waals surface area contributed by atoms with Crippen LogP contribution in [0.3, 0.4) is 0 Å². The topological polar surface area (TPSA) is 75.9 Å². The zero-order valence-electron chi connectivity index (χ0n) is 16.5. The molecule has 1 aromatic heterocycles. The highest BCUT2D eigenvalue weighted by Crippen LogP contribution is 2.45. The van der Waals surface area contributed by atoms with Crippen molar-refractivity contribution >= 4 is 34.6 Å². The molecule has 2 N–H and O–H groups in total. The zero-order valence-corrected chi connectivity index (χ0v) is 17.3. The van der Waals surface area contributed by atoms with Gasteiger partial charge in [0.2, 0.25) is 5.69 Å². The molecule has 152 valence electrons. The van der Waals surface area contributed by atoms with E-state index in [0.717, 1.165) is 35.5 Å². The molecule has 1 fully saturated rings. The fourth-order valence-corrected chi connectivity index (χ4v) is 5.51. The summed E-state index contributed by atoms with van der Waals surface area (Å²) >= 11 is 6.35. The maximum absolute atomic E-state index is 11.5. The van der Waals surface area contributed by atoms with Gasteiger partial charge < -0.3 is 5.73 Å². The Labute approximate surface area is 180 Å². The van der Waals surface area contributed by atoms with Crippen LogP contribution in [0.5, 0.6) is 0 Å². The minimum absolute atomic E-state index is 0.279. The standard InChI is InChI=1S/C23H22ClN5O/c1-26-19-9-6-14(12-17(19)24)29-22(13-4-2-3-5-13)16-8-10-18-15(21(16)28-29)7-11-20(27-18)23(25)30/h6-7,9,11-13,16,22H,2-5,8,10H2,(H2,25,30). The van der Waals surface area contributed by atoms with Crippen molar-refractivity contribution < 1.29 is 4.79 Å². The summed E-state index contributed by atoms with van der Waals surface area (Å²) in [5.74, 6) is 0.393. The van der Waals surface area contributed by atoms with Crippen molar-refractivity contribution in [3.8, 4) is 0 Å². The number of carbonyl (C=O) groups excluding carboxylic acids is 1. The van der Waals surface area contributed by atoms with E-state index in [9.17, 15) is 4.79 Å². The number of nitrogens with zero attached hydrogens (tertiary/aromatic N) is 4. The Bertz CT molecular complexity index is 1100. The third-order valence-electron chi connectivity index (χ3n) is 6.66. The second kappa shape index (κ2) is 7.41. The predicted molar refractivity (Wildman–Crippen MR) is 117 cm³/mol. The van der Waals surface area contributed by atoms with Crippen molar-refractivity contribution in [2.24, 2.45) is 22.7 Å². The summed E-state index contributed by atoms with van der Waals surface area (Å²) in [6, 6.07) is 9.48. The molecular formula is C23H22ClN5O. The van der Waals surface area contributed by atoms with Gasteiger partial charge in [0, 0.05) is 16.5 Å². The lowest BCUT2D eigenvalue weighted by Gasteiger charge is -2.34. The Balaban J connectivity index is 1.59. The molecule has 2 aliphatic carbocycles. The molecular weight excluding hydrogens is 398 g/mol.